The lowest BCUT2D eigenvalue weighted by molar-refractivity contribution is 0.303. The summed E-state index contributed by atoms with van der Waals surface area (Å²) in [5, 5.41) is 8.16. The van der Waals surface area contributed by atoms with Crippen molar-refractivity contribution in [1.29, 1.82) is 0 Å². The predicted molar refractivity (Wildman–Crippen MR) is 85.3 cm³/mol. The molecule has 0 aliphatic rings. The van der Waals surface area contributed by atoms with Crippen LogP contribution in [-0.2, 0) is 13.2 Å². The van der Waals surface area contributed by atoms with Crippen LogP contribution in [0.15, 0.2) is 61.2 Å². The van der Waals surface area contributed by atoms with E-state index < -0.39 is 0 Å². The van der Waals surface area contributed by atoms with E-state index in [1.807, 2.05) is 48.5 Å². The van der Waals surface area contributed by atoms with Gasteiger partial charge in [-0.2, -0.15) is 0 Å². The van der Waals surface area contributed by atoms with Crippen LogP contribution in [-0.4, -0.2) is 14.9 Å². The van der Waals surface area contributed by atoms with Gasteiger partial charge in [-0.15, -0.1) is 10.2 Å². The minimum Gasteiger partial charge on any atom is -0.489 e. The molecule has 3 aromatic rings. The molecule has 0 aliphatic heterocycles. The van der Waals surface area contributed by atoms with Gasteiger partial charge in [0.15, 0.2) is 0 Å². The summed E-state index contributed by atoms with van der Waals surface area (Å²) in [6.07, 6.45) is 3.18. The molecule has 2 aromatic carbocycles. The van der Waals surface area contributed by atoms with Gasteiger partial charge in [0.2, 0.25) is 0 Å². The van der Waals surface area contributed by atoms with E-state index in [-0.39, 0.29) is 0 Å². The Morgan fingerprint density at radius 3 is 2.59 bits per heavy atom. The Balaban J connectivity index is 1.70. The van der Waals surface area contributed by atoms with Crippen molar-refractivity contribution in [2.75, 3.05) is 5.43 Å². The molecule has 5 nitrogen and oxygen atoms in total. The molecular weight excluding hydrogens is 300 g/mol. The summed E-state index contributed by atoms with van der Waals surface area (Å²) in [4.78, 5) is 0. The fraction of sp³-hybridized carbons (Fsp3) is 0.125. The van der Waals surface area contributed by atoms with Crippen molar-refractivity contribution >= 4 is 11.6 Å². The Bertz CT molecular complexity index is 716. The quantitative estimate of drug-likeness (QED) is 0.759. The number of nitrogens with zero attached hydrogens (tertiary/aromatic N) is 3. The van der Waals surface area contributed by atoms with Crippen LogP contribution in [0.5, 0.6) is 5.75 Å². The van der Waals surface area contributed by atoms with Gasteiger partial charge in [-0.25, -0.2) is 4.68 Å². The van der Waals surface area contributed by atoms with Crippen molar-refractivity contribution in [1.82, 2.24) is 14.9 Å². The lowest BCUT2D eigenvalue weighted by Gasteiger charge is -2.13. The highest BCUT2D eigenvalue weighted by molar-refractivity contribution is 6.30. The molecule has 0 fully saturated rings. The number of aromatic nitrogens is 3. The normalized spacial score (nSPS) is 10.4. The summed E-state index contributed by atoms with van der Waals surface area (Å²) in [5.41, 5.74) is 5.25. The predicted octanol–water partition coefficient (Wildman–Crippen LogP) is 3.25. The summed E-state index contributed by atoms with van der Waals surface area (Å²) < 4.78 is 7.59. The van der Waals surface area contributed by atoms with Gasteiger partial charge in [0.1, 0.15) is 25.0 Å². The van der Waals surface area contributed by atoms with Crippen LogP contribution >= 0.6 is 11.6 Å². The fourth-order valence-electron chi connectivity index (χ4n) is 2.02. The molecule has 0 aliphatic carbocycles. The van der Waals surface area contributed by atoms with Crippen LogP contribution in [0.2, 0.25) is 5.02 Å². The van der Waals surface area contributed by atoms with E-state index in [2.05, 4.69) is 15.6 Å². The third-order valence-corrected chi connectivity index (χ3v) is 3.37. The first kappa shape index (κ1) is 14.4. The van der Waals surface area contributed by atoms with E-state index in [1.165, 1.54) is 0 Å². The standard InChI is InChI=1S/C16H15ClN4O/c17-15-6-7-16(22-10-13-4-2-1-3-5-13)14(8-15)9-20-21-11-18-19-12-21/h1-8,11-12,20H,9-10H2. The van der Waals surface area contributed by atoms with Gasteiger partial charge in [0.25, 0.3) is 0 Å². The molecule has 0 spiro atoms. The molecule has 0 saturated heterocycles. The summed E-state index contributed by atoms with van der Waals surface area (Å²) in [6.45, 7) is 1.07. The van der Waals surface area contributed by atoms with E-state index in [0.29, 0.717) is 18.2 Å². The third-order valence-electron chi connectivity index (χ3n) is 3.13. The topological polar surface area (TPSA) is 52.0 Å². The van der Waals surface area contributed by atoms with Gasteiger partial charge < -0.3 is 10.2 Å². The molecule has 0 unspecified atom stereocenters. The fourth-order valence-corrected chi connectivity index (χ4v) is 2.22. The maximum atomic E-state index is 6.08. The first-order chi connectivity index (χ1) is 10.8. The van der Waals surface area contributed by atoms with Crippen molar-refractivity contribution in [3.05, 3.63) is 77.3 Å². The molecule has 3 rings (SSSR count). The summed E-state index contributed by atoms with van der Waals surface area (Å²) >= 11 is 6.08. The monoisotopic (exact) mass is 314 g/mol. The van der Waals surface area contributed by atoms with E-state index in [4.69, 9.17) is 16.3 Å². The van der Waals surface area contributed by atoms with Gasteiger partial charge >= 0.3 is 0 Å². The van der Waals surface area contributed by atoms with E-state index in [0.717, 1.165) is 16.9 Å². The van der Waals surface area contributed by atoms with Crippen molar-refractivity contribution in [3.8, 4) is 5.75 Å². The molecular formula is C16H15ClN4O. The SMILES string of the molecule is Clc1ccc(OCc2ccccc2)c(CNn2cnnc2)c1. The van der Waals surface area contributed by atoms with Crippen LogP contribution < -0.4 is 10.2 Å². The van der Waals surface area contributed by atoms with Gasteiger partial charge in [-0.3, -0.25) is 0 Å². The second kappa shape index (κ2) is 6.95. The molecule has 0 bridgehead atoms. The highest BCUT2D eigenvalue weighted by Crippen LogP contribution is 2.24. The van der Waals surface area contributed by atoms with E-state index in [9.17, 15) is 0 Å². The third kappa shape index (κ3) is 3.77. The van der Waals surface area contributed by atoms with Gasteiger partial charge in [-0.05, 0) is 23.8 Å². The largest absolute Gasteiger partial charge is 0.489 e. The van der Waals surface area contributed by atoms with Gasteiger partial charge in [-0.1, -0.05) is 41.9 Å². The van der Waals surface area contributed by atoms with Crippen LogP contribution in [0.25, 0.3) is 0 Å². The van der Waals surface area contributed by atoms with E-state index in [1.54, 1.807) is 17.3 Å². The molecule has 0 amide bonds. The summed E-state index contributed by atoms with van der Waals surface area (Å²) in [7, 11) is 0. The Kier molecular flexibility index (Phi) is 4.56. The molecule has 112 valence electrons. The Hall–Kier alpha value is -2.53. The second-order valence-electron chi connectivity index (χ2n) is 4.73. The minimum atomic E-state index is 0.516. The van der Waals surface area contributed by atoms with Crippen molar-refractivity contribution in [2.45, 2.75) is 13.2 Å². The lowest BCUT2D eigenvalue weighted by atomic mass is 10.2. The zero-order chi connectivity index (χ0) is 15.2. The molecule has 6 heteroatoms. The van der Waals surface area contributed by atoms with Crippen LogP contribution in [0.1, 0.15) is 11.1 Å². The van der Waals surface area contributed by atoms with Gasteiger partial charge in [0, 0.05) is 10.6 Å². The maximum Gasteiger partial charge on any atom is 0.138 e. The van der Waals surface area contributed by atoms with Crippen molar-refractivity contribution < 1.29 is 4.74 Å². The second-order valence-corrected chi connectivity index (χ2v) is 5.17. The van der Waals surface area contributed by atoms with Crippen molar-refractivity contribution in [2.24, 2.45) is 0 Å². The number of hydrogen-bond acceptors (Lipinski definition) is 4. The molecule has 0 saturated carbocycles. The Labute approximate surface area is 133 Å². The zero-order valence-electron chi connectivity index (χ0n) is 11.8. The summed E-state index contributed by atoms with van der Waals surface area (Å²) in [5.74, 6) is 0.800. The number of halogens is 1. The van der Waals surface area contributed by atoms with Crippen molar-refractivity contribution in [3.63, 3.8) is 0 Å². The number of benzene rings is 2. The van der Waals surface area contributed by atoms with Gasteiger partial charge in [0.05, 0.1) is 6.54 Å². The summed E-state index contributed by atoms with van der Waals surface area (Å²) in [6, 6.07) is 15.6. The maximum absolute atomic E-state index is 6.08. The first-order valence-electron chi connectivity index (χ1n) is 6.85. The van der Waals surface area contributed by atoms with Crippen LogP contribution in [0.4, 0.5) is 0 Å². The van der Waals surface area contributed by atoms with Crippen LogP contribution in [0, 0.1) is 0 Å². The zero-order valence-corrected chi connectivity index (χ0v) is 12.6. The lowest BCUT2D eigenvalue weighted by Crippen LogP contribution is -2.13. The first-order valence-corrected chi connectivity index (χ1v) is 7.23. The average Bonchev–Trinajstić information content (AvgIpc) is 3.06. The molecule has 0 atom stereocenters. The molecule has 1 N–H and O–H groups in total. The molecule has 22 heavy (non-hydrogen) atoms. The highest BCUT2D eigenvalue weighted by Gasteiger charge is 2.06. The number of rotatable bonds is 6. The Morgan fingerprint density at radius 1 is 1.05 bits per heavy atom. The van der Waals surface area contributed by atoms with Crippen LogP contribution in [0.3, 0.4) is 0 Å². The molecule has 1 heterocycles. The molecule has 1 aromatic heterocycles. The average molecular weight is 315 g/mol. The number of nitrogens with one attached hydrogen (secondary N) is 1. The molecule has 0 radical (unpaired) electrons. The van der Waals surface area contributed by atoms with E-state index >= 15 is 0 Å². The Morgan fingerprint density at radius 2 is 1.82 bits per heavy atom. The smallest absolute Gasteiger partial charge is 0.138 e. The highest BCUT2D eigenvalue weighted by atomic mass is 35.5. The number of hydrogen-bond donors (Lipinski definition) is 1. The number of ether oxygens (including phenoxy) is 1. The minimum absolute atomic E-state index is 0.516.